The third kappa shape index (κ3) is 3.45. The van der Waals surface area contributed by atoms with Crippen molar-refractivity contribution in [3.05, 3.63) is 58.1 Å². The smallest absolute Gasteiger partial charge is 0.236 e. The molecule has 0 aliphatic carbocycles. The van der Waals surface area contributed by atoms with Crippen LogP contribution in [0.1, 0.15) is 17.5 Å². The number of amides is 2. The number of aryl methyl sites for hydroxylation is 1. The summed E-state index contributed by atoms with van der Waals surface area (Å²) in [4.78, 5) is 26.3. The molecule has 1 heterocycles. The molecule has 23 heavy (non-hydrogen) atoms. The summed E-state index contributed by atoms with van der Waals surface area (Å²) in [7, 11) is 0. The molecule has 0 spiro atoms. The third-order valence-electron chi connectivity index (χ3n) is 3.96. The molecule has 4 nitrogen and oxygen atoms in total. The summed E-state index contributed by atoms with van der Waals surface area (Å²) in [6.45, 7) is 2.56. The lowest BCUT2D eigenvalue weighted by atomic mass is 10.2. The summed E-state index contributed by atoms with van der Waals surface area (Å²) in [6.07, 6.45) is 0.694. The van der Waals surface area contributed by atoms with E-state index in [1.165, 1.54) is 0 Å². The fraction of sp³-hybridized carbons (Fsp3) is 0.222. The lowest BCUT2D eigenvalue weighted by Crippen LogP contribution is -2.32. The highest BCUT2D eigenvalue weighted by Gasteiger charge is 2.25. The summed E-state index contributed by atoms with van der Waals surface area (Å²) >= 11 is 3.39. The van der Waals surface area contributed by atoms with E-state index in [1.54, 1.807) is 4.90 Å². The maximum Gasteiger partial charge on any atom is 0.236 e. The molecular weight excluding hydrogens is 356 g/mol. The molecule has 2 aromatic carbocycles. The van der Waals surface area contributed by atoms with Crippen LogP contribution in [0.2, 0.25) is 0 Å². The molecule has 0 saturated heterocycles. The number of nitrogens with one attached hydrogen (secondary N) is 1. The Balaban J connectivity index is 1.65. The number of fused-ring (bicyclic) bond motifs is 1. The first-order valence-electron chi connectivity index (χ1n) is 7.49. The van der Waals surface area contributed by atoms with Crippen molar-refractivity contribution in [3.63, 3.8) is 0 Å². The number of carbonyl (C=O) groups excluding carboxylic acids is 2. The van der Waals surface area contributed by atoms with E-state index in [0.29, 0.717) is 6.54 Å². The van der Waals surface area contributed by atoms with Gasteiger partial charge in [-0.05, 0) is 48.7 Å². The van der Waals surface area contributed by atoms with Crippen LogP contribution in [0.4, 0.5) is 11.4 Å². The molecule has 0 saturated carbocycles. The summed E-state index contributed by atoms with van der Waals surface area (Å²) in [5.74, 6) is -0.452. The van der Waals surface area contributed by atoms with E-state index in [-0.39, 0.29) is 18.2 Å². The average molecular weight is 373 g/mol. The Bertz CT molecular complexity index is 773. The highest BCUT2D eigenvalue weighted by atomic mass is 79.9. The number of halogens is 1. The van der Waals surface area contributed by atoms with Gasteiger partial charge in [-0.2, -0.15) is 0 Å². The van der Waals surface area contributed by atoms with Crippen molar-refractivity contribution >= 4 is 39.1 Å². The lowest BCUT2D eigenvalue weighted by molar-refractivity contribution is -0.125. The van der Waals surface area contributed by atoms with Gasteiger partial charge in [-0.1, -0.05) is 34.1 Å². The number of nitrogens with zero attached hydrogens (tertiary/aromatic N) is 1. The Morgan fingerprint density at radius 2 is 2.00 bits per heavy atom. The summed E-state index contributed by atoms with van der Waals surface area (Å²) in [5.41, 5.74) is 3.76. The van der Waals surface area contributed by atoms with Crippen LogP contribution in [0, 0.1) is 6.92 Å². The number of para-hydroxylation sites is 1. The number of rotatable bonds is 3. The van der Waals surface area contributed by atoms with Crippen molar-refractivity contribution in [2.45, 2.75) is 19.8 Å². The van der Waals surface area contributed by atoms with Crippen molar-refractivity contribution in [2.24, 2.45) is 0 Å². The van der Waals surface area contributed by atoms with E-state index < -0.39 is 0 Å². The first-order valence-corrected chi connectivity index (χ1v) is 8.28. The Labute approximate surface area is 143 Å². The summed E-state index contributed by atoms with van der Waals surface area (Å²) in [6, 6.07) is 13.4. The molecule has 0 fully saturated rings. The maximum absolute atomic E-state index is 12.4. The fourth-order valence-electron chi connectivity index (χ4n) is 2.79. The van der Waals surface area contributed by atoms with Gasteiger partial charge in [0.2, 0.25) is 11.8 Å². The second-order valence-corrected chi connectivity index (χ2v) is 6.52. The molecule has 2 amide bonds. The lowest BCUT2D eigenvalue weighted by Gasteiger charge is -2.17. The van der Waals surface area contributed by atoms with Crippen LogP contribution < -0.4 is 10.2 Å². The number of hydrogen-bond donors (Lipinski definition) is 1. The predicted molar refractivity (Wildman–Crippen MR) is 94.6 cm³/mol. The van der Waals surface area contributed by atoms with Crippen molar-refractivity contribution in [1.82, 2.24) is 0 Å². The zero-order valence-corrected chi connectivity index (χ0v) is 14.4. The van der Waals surface area contributed by atoms with E-state index in [2.05, 4.69) is 21.2 Å². The second kappa shape index (κ2) is 6.54. The average Bonchev–Trinajstić information content (AvgIpc) is 2.94. The van der Waals surface area contributed by atoms with Crippen molar-refractivity contribution in [2.75, 3.05) is 16.8 Å². The molecule has 1 aliphatic rings. The highest BCUT2D eigenvalue weighted by Crippen LogP contribution is 2.28. The van der Waals surface area contributed by atoms with Crippen LogP contribution in [0.5, 0.6) is 0 Å². The first-order chi connectivity index (χ1) is 11.0. The van der Waals surface area contributed by atoms with E-state index >= 15 is 0 Å². The molecule has 1 aliphatic heterocycles. The predicted octanol–water partition coefficient (Wildman–Crippen LogP) is 3.68. The molecule has 2 aromatic rings. The number of hydrogen-bond acceptors (Lipinski definition) is 2. The van der Waals surface area contributed by atoms with Gasteiger partial charge in [0.15, 0.2) is 0 Å². The number of carbonyl (C=O) groups is 2. The fourth-order valence-corrected chi connectivity index (χ4v) is 3.27. The third-order valence-corrected chi connectivity index (χ3v) is 4.46. The minimum atomic E-state index is -0.287. The molecule has 0 radical (unpaired) electrons. The molecule has 0 bridgehead atoms. The van der Waals surface area contributed by atoms with Crippen LogP contribution in [-0.4, -0.2) is 18.4 Å². The first kappa shape index (κ1) is 15.7. The maximum atomic E-state index is 12.4. The molecular formula is C18H17BrN2O2. The van der Waals surface area contributed by atoms with Crippen LogP contribution in [0.15, 0.2) is 46.9 Å². The Morgan fingerprint density at radius 1 is 1.22 bits per heavy atom. The minimum absolute atomic E-state index is 0.149. The van der Waals surface area contributed by atoms with Crippen molar-refractivity contribution in [1.29, 1.82) is 0 Å². The standard InChI is InChI=1S/C18H17BrN2O2/c1-12-10-14(19)6-7-15(12)20-17(22)11-18(23)21-9-8-13-4-2-3-5-16(13)21/h2-7,10H,8-9,11H2,1H3,(H,20,22). The second-order valence-electron chi connectivity index (χ2n) is 5.61. The highest BCUT2D eigenvalue weighted by molar-refractivity contribution is 9.10. The molecule has 3 rings (SSSR count). The normalized spacial score (nSPS) is 12.9. The van der Waals surface area contributed by atoms with Crippen molar-refractivity contribution < 1.29 is 9.59 Å². The van der Waals surface area contributed by atoms with Crippen LogP contribution in [0.25, 0.3) is 0 Å². The van der Waals surface area contributed by atoms with Crippen molar-refractivity contribution in [3.8, 4) is 0 Å². The van der Waals surface area contributed by atoms with Gasteiger partial charge in [0.05, 0.1) is 0 Å². The molecule has 118 valence electrons. The van der Waals surface area contributed by atoms with E-state index in [4.69, 9.17) is 0 Å². The van der Waals surface area contributed by atoms with Gasteiger partial charge in [-0.15, -0.1) is 0 Å². The van der Waals surface area contributed by atoms with Gasteiger partial charge in [-0.25, -0.2) is 0 Å². The van der Waals surface area contributed by atoms with Crippen LogP contribution >= 0.6 is 15.9 Å². The van der Waals surface area contributed by atoms with Gasteiger partial charge in [-0.3, -0.25) is 9.59 Å². The Kier molecular flexibility index (Phi) is 4.48. The zero-order chi connectivity index (χ0) is 16.4. The SMILES string of the molecule is Cc1cc(Br)ccc1NC(=O)CC(=O)N1CCc2ccccc21. The summed E-state index contributed by atoms with van der Waals surface area (Å²) in [5, 5.41) is 2.81. The Morgan fingerprint density at radius 3 is 2.78 bits per heavy atom. The van der Waals surface area contributed by atoms with Gasteiger partial charge in [0.1, 0.15) is 6.42 Å². The number of benzene rings is 2. The molecule has 0 atom stereocenters. The molecule has 0 unspecified atom stereocenters. The van der Waals surface area contributed by atoms with Gasteiger partial charge >= 0.3 is 0 Å². The van der Waals surface area contributed by atoms with Gasteiger partial charge < -0.3 is 10.2 Å². The van der Waals surface area contributed by atoms with Gasteiger partial charge in [0, 0.05) is 22.4 Å². The number of anilines is 2. The van der Waals surface area contributed by atoms with E-state index in [1.807, 2.05) is 49.4 Å². The van der Waals surface area contributed by atoms with E-state index in [0.717, 1.165) is 33.4 Å². The zero-order valence-electron chi connectivity index (χ0n) is 12.8. The topological polar surface area (TPSA) is 49.4 Å². The molecule has 0 aromatic heterocycles. The van der Waals surface area contributed by atoms with Gasteiger partial charge in [0.25, 0.3) is 0 Å². The van der Waals surface area contributed by atoms with Crippen LogP contribution in [0.3, 0.4) is 0 Å². The molecule has 5 heteroatoms. The minimum Gasteiger partial charge on any atom is -0.325 e. The quantitative estimate of drug-likeness (QED) is 0.835. The summed E-state index contributed by atoms with van der Waals surface area (Å²) < 4.78 is 0.956. The monoisotopic (exact) mass is 372 g/mol. The molecule has 1 N–H and O–H groups in total. The van der Waals surface area contributed by atoms with E-state index in [9.17, 15) is 9.59 Å². The Hall–Kier alpha value is -2.14. The largest absolute Gasteiger partial charge is 0.325 e. The van der Waals surface area contributed by atoms with Crippen LogP contribution in [-0.2, 0) is 16.0 Å².